The van der Waals surface area contributed by atoms with E-state index in [4.69, 9.17) is 35.5 Å². The minimum Gasteiger partial charge on any atom is -0.493 e. The molecule has 6 nitrogen and oxygen atoms in total. The number of carbonyl (C=O) groups is 1. The molecule has 5 rings (SSSR count). The number of ether oxygens (including phenoxy) is 4. The number of pyridine rings is 1. The Labute approximate surface area is 220 Å². The number of allylic oxidation sites excluding steroid dienone is 1. The largest absolute Gasteiger partial charge is 0.493 e. The van der Waals surface area contributed by atoms with E-state index < -0.39 is 0 Å². The van der Waals surface area contributed by atoms with Crippen molar-refractivity contribution in [2.24, 2.45) is 0 Å². The van der Waals surface area contributed by atoms with Crippen molar-refractivity contribution in [2.75, 3.05) is 21.3 Å². The Bertz CT molecular complexity index is 1500. The monoisotopic (exact) mass is 515 g/mol. The molecule has 3 aromatic carbocycles. The van der Waals surface area contributed by atoms with Crippen molar-refractivity contribution in [1.82, 2.24) is 4.98 Å². The molecule has 7 heteroatoms. The van der Waals surface area contributed by atoms with Gasteiger partial charge < -0.3 is 18.9 Å². The molecule has 0 saturated heterocycles. The number of benzene rings is 3. The number of halogens is 1. The van der Waals surface area contributed by atoms with Gasteiger partial charge in [-0.05, 0) is 59.9 Å². The molecule has 1 heterocycles. The number of hydrogen-bond donors (Lipinski definition) is 0. The number of carbonyl (C=O) groups excluding carboxylic acids is 1. The molecule has 0 atom stereocenters. The van der Waals surface area contributed by atoms with Crippen molar-refractivity contribution >= 4 is 40.1 Å². The Balaban J connectivity index is 1.56. The van der Waals surface area contributed by atoms with E-state index in [-0.39, 0.29) is 12.6 Å². The molecule has 1 aliphatic rings. The summed E-state index contributed by atoms with van der Waals surface area (Å²) in [6.45, 7) is 0.0953. The predicted octanol–water partition coefficient (Wildman–Crippen LogP) is 6.76. The van der Waals surface area contributed by atoms with Crippen LogP contribution in [0, 0.1) is 0 Å². The van der Waals surface area contributed by atoms with Gasteiger partial charge in [-0.3, -0.25) is 0 Å². The highest BCUT2D eigenvalue weighted by Gasteiger charge is 2.28. The summed E-state index contributed by atoms with van der Waals surface area (Å²) in [5, 5.41) is 1.34. The van der Waals surface area contributed by atoms with Crippen LogP contribution in [0.5, 0.6) is 17.2 Å². The quantitative estimate of drug-likeness (QED) is 0.253. The lowest BCUT2D eigenvalue weighted by molar-refractivity contribution is 0.0474. The van der Waals surface area contributed by atoms with Gasteiger partial charge in [0.2, 0.25) is 5.75 Å². The molecule has 0 radical (unpaired) electrons. The van der Waals surface area contributed by atoms with Gasteiger partial charge in [0.15, 0.2) is 11.5 Å². The molecule has 0 spiro atoms. The second kappa shape index (κ2) is 10.5. The van der Waals surface area contributed by atoms with Crippen molar-refractivity contribution in [3.8, 4) is 17.2 Å². The maximum atomic E-state index is 13.4. The van der Waals surface area contributed by atoms with Crippen LogP contribution in [-0.2, 0) is 17.8 Å². The third kappa shape index (κ3) is 4.72. The van der Waals surface area contributed by atoms with Gasteiger partial charge in [0.25, 0.3) is 0 Å². The van der Waals surface area contributed by atoms with Crippen molar-refractivity contribution in [2.45, 2.75) is 19.4 Å². The fourth-order valence-electron chi connectivity index (χ4n) is 4.73. The number of fused-ring (bicyclic) bond motifs is 2. The number of rotatable bonds is 7. The van der Waals surface area contributed by atoms with Gasteiger partial charge in [0, 0.05) is 16.0 Å². The smallest absolute Gasteiger partial charge is 0.339 e. The Morgan fingerprint density at radius 2 is 1.65 bits per heavy atom. The molecule has 37 heavy (non-hydrogen) atoms. The highest BCUT2D eigenvalue weighted by atomic mass is 35.5. The number of esters is 1. The first-order chi connectivity index (χ1) is 18.0. The van der Waals surface area contributed by atoms with Crippen LogP contribution in [0.4, 0.5) is 0 Å². The van der Waals surface area contributed by atoms with Crippen LogP contribution in [-0.4, -0.2) is 32.3 Å². The highest BCUT2D eigenvalue weighted by Crippen LogP contribution is 2.41. The second-order valence-corrected chi connectivity index (χ2v) is 9.03. The maximum Gasteiger partial charge on any atom is 0.339 e. The zero-order valence-electron chi connectivity index (χ0n) is 20.8. The number of hydrogen-bond acceptors (Lipinski definition) is 6. The van der Waals surface area contributed by atoms with Crippen LogP contribution in [0.1, 0.15) is 39.2 Å². The third-order valence-electron chi connectivity index (χ3n) is 6.49. The summed E-state index contributed by atoms with van der Waals surface area (Å²) in [5.74, 6) is 1.29. The SMILES string of the molecule is COc1cc(/C=C2/CCc3c2nc2ccccc2c3C(=O)OCc2ccccc2Cl)cc(OC)c1OC. The lowest BCUT2D eigenvalue weighted by atomic mass is 10.0. The number of para-hydroxylation sites is 1. The van der Waals surface area contributed by atoms with Gasteiger partial charge in [0.05, 0.1) is 38.1 Å². The van der Waals surface area contributed by atoms with Crippen LogP contribution in [0.3, 0.4) is 0 Å². The standard InChI is InChI=1S/C30H26ClNO5/c1-34-25-15-18(16-26(35-2)29(25)36-3)14-19-12-13-22-27(21-9-5-7-11-24(21)32-28(19)22)30(33)37-17-20-8-4-6-10-23(20)31/h4-11,14-16H,12-13,17H2,1-3H3/b19-14-. The Kier molecular flexibility index (Phi) is 7.01. The first-order valence-electron chi connectivity index (χ1n) is 11.9. The summed E-state index contributed by atoms with van der Waals surface area (Å²) in [4.78, 5) is 18.4. The minimum absolute atomic E-state index is 0.0953. The molecule has 0 aliphatic heterocycles. The normalized spacial score (nSPS) is 13.5. The van der Waals surface area contributed by atoms with E-state index in [0.29, 0.717) is 34.3 Å². The van der Waals surface area contributed by atoms with Gasteiger partial charge >= 0.3 is 5.97 Å². The lowest BCUT2D eigenvalue weighted by Gasteiger charge is -2.14. The predicted molar refractivity (Wildman–Crippen MR) is 145 cm³/mol. The summed E-state index contributed by atoms with van der Waals surface area (Å²) in [7, 11) is 4.76. The van der Waals surface area contributed by atoms with Crippen LogP contribution < -0.4 is 14.2 Å². The van der Waals surface area contributed by atoms with Crippen LogP contribution in [0.2, 0.25) is 5.02 Å². The van der Waals surface area contributed by atoms with E-state index in [1.54, 1.807) is 27.4 Å². The number of nitrogens with zero attached hydrogens (tertiary/aromatic N) is 1. The first kappa shape index (κ1) is 24.7. The summed E-state index contributed by atoms with van der Waals surface area (Å²) in [6, 6.07) is 18.8. The Hall–Kier alpha value is -4.03. The zero-order chi connectivity index (χ0) is 25.9. The van der Waals surface area contributed by atoms with E-state index in [0.717, 1.165) is 45.3 Å². The van der Waals surface area contributed by atoms with Crippen molar-refractivity contribution in [3.05, 3.63) is 93.6 Å². The molecular weight excluding hydrogens is 490 g/mol. The Morgan fingerprint density at radius 3 is 2.35 bits per heavy atom. The van der Waals surface area contributed by atoms with E-state index >= 15 is 0 Å². The Morgan fingerprint density at radius 1 is 0.946 bits per heavy atom. The van der Waals surface area contributed by atoms with Gasteiger partial charge in [-0.1, -0.05) is 48.0 Å². The fraction of sp³-hybridized carbons (Fsp3) is 0.200. The third-order valence-corrected chi connectivity index (χ3v) is 6.86. The molecule has 0 unspecified atom stereocenters. The van der Waals surface area contributed by atoms with Crippen molar-refractivity contribution < 1.29 is 23.7 Å². The average Bonchev–Trinajstić information content (AvgIpc) is 3.32. The molecule has 0 bridgehead atoms. The first-order valence-corrected chi connectivity index (χ1v) is 12.2. The van der Waals surface area contributed by atoms with Crippen LogP contribution in [0.25, 0.3) is 22.6 Å². The summed E-state index contributed by atoms with van der Waals surface area (Å²) in [5.41, 5.74) is 5.66. The molecule has 1 aromatic heterocycles. The minimum atomic E-state index is -0.385. The molecule has 188 valence electrons. The number of aromatic nitrogens is 1. The van der Waals surface area contributed by atoms with Crippen molar-refractivity contribution in [3.63, 3.8) is 0 Å². The topological polar surface area (TPSA) is 66.9 Å². The van der Waals surface area contributed by atoms with Gasteiger partial charge in [-0.2, -0.15) is 0 Å². The fourth-order valence-corrected chi connectivity index (χ4v) is 4.92. The average molecular weight is 516 g/mol. The summed E-state index contributed by atoms with van der Waals surface area (Å²) < 4.78 is 22.2. The van der Waals surface area contributed by atoms with Crippen LogP contribution in [0.15, 0.2) is 60.7 Å². The maximum absolute atomic E-state index is 13.4. The molecule has 0 saturated carbocycles. The van der Waals surface area contributed by atoms with Crippen LogP contribution >= 0.6 is 11.6 Å². The molecule has 4 aromatic rings. The van der Waals surface area contributed by atoms with Gasteiger partial charge in [-0.25, -0.2) is 9.78 Å². The van der Waals surface area contributed by atoms with Crippen molar-refractivity contribution in [1.29, 1.82) is 0 Å². The highest BCUT2D eigenvalue weighted by molar-refractivity contribution is 6.31. The van der Waals surface area contributed by atoms with E-state index in [1.807, 2.05) is 54.6 Å². The summed E-state index contributed by atoms with van der Waals surface area (Å²) in [6.07, 6.45) is 3.47. The second-order valence-electron chi connectivity index (χ2n) is 8.63. The van der Waals surface area contributed by atoms with E-state index in [9.17, 15) is 4.79 Å². The number of methoxy groups -OCH3 is 3. The zero-order valence-corrected chi connectivity index (χ0v) is 21.6. The molecule has 0 fully saturated rings. The molecule has 0 N–H and O–H groups in total. The summed E-state index contributed by atoms with van der Waals surface area (Å²) >= 11 is 6.27. The van der Waals surface area contributed by atoms with E-state index in [1.165, 1.54) is 0 Å². The lowest BCUT2D eigenvalue weighted by Crippen LogP contribution is -2.10. The molecule has 0 amide bonds. The van der Waals surface area contributed by atoms with E-state index in [2.05, 4.69) is 6.08 Å². The van der Waals surface area contributed by atoms with Gasteiger partial charge in [-0.15, -0.1) is 0 Å². The molecular formula is C30H26ClNO5. The van der Waals surface area contributed by atoms with Gasteiger partial charge in [0.1, 0.15) is 6.61 Å². The molecule has 1 aliphatic carbocycles.